The van der Waals surface area contributed by atoms with Crippen molar-refractivity contribution in [2.24, 2.45) is 5.92 Å². The molecular formula is C25H28N2O3S. The van der Waals surface area contributed by atoms with Crippen molar-refractivity contribution in [1.29, 1.82) is 0 Å². The maximum Gasteiger partial charge on any atom is 0.250 e. The molecule has 0 fully saturated rings. The number of carbonyl (C=O) groups is 1. The SMILES string of the molecule is COc1ccc(-c2csc(NC(=O)/C=C\c3cccc(OCCCC(C)C)c3)n2)cc1. The quantitative estimate of drug-likeness (QED) is 0.300. The van der Waals surface area contributed by atoms with Crippen molar-refractivity contribution in [2.45, 2.75) is 26.7 Å². The number of carbonyl (C=O) groups excluding carboxylic acids is 1. The van der Waals surface area contributed by atoms with Gasteiger partial charge in [-0.15, -0.1) is 11.3 Å². The summed E-state index contributed by atoms with van der Waals surface area (Å²) in [5.41, 5.74) is 2.70. The van der Waals surface area contributed by atoms with Gasteiger partial charge in [0.1, 0.15) is 11.5 Å². The molecule has 162 valence electrons. The average Bonchev–Trinajstić information content (AvgIpc) is 3.24. The Morgan fingerprint density at radius 1 is 1.16 bits per heavy atom. The lowest BCUT2D eigenvalue weighted by Gasteiger charge is -2.08. The standard InChI is InChI=1S/C25H28N2O3S/c1-18(2)6-5-15-30-22-8-4-7-19(16-22)9-14-24(28)27-25-26-23(17-31-25)20-10-12-21(29-3)13-11-20/h4,7-14,16-18H,5-6,15H2,1-3H3,(H,26,27,28)/b14-9-. The topological polar surface area (TPSA) is 60.5 Å². The van der Waals surface area contributed by atoms with Gasteiger partial charge in [0.2, 0.25) is 5.91 Å². The van der Waals surface area contributed by atoms with Crippen LogP contribution in [0.5, 0.6) is 11.5 Å². The number of thiazole rings is 1. The summed E-state index contributed by atoms with van der Waals surface area (Å²) in [7, 11) is 1.64. The Labute approximate surface area is 187 Å². The van der Waals surface area contributed by atoms with E-state index in [0.29, 0.717) is 17.7 Å². The molecule has 1 aromatic heterocycles. The largest absolute Gasteiger partial charge is 0.497 e. The number of methoxy groups -OCH3 is 1. The van der Waals surface area contributed by atoms with Gasteiger partial charge in [-0.3, -0.25) is 10.1 Å². The number of nitrogens with one attached hydrogen (secondary N) is 1. The fraction of sp³-hybridized carbons (Fsp3) is 0.280. The molecule has 2 aromatic carbocycles. The van der Waals surface area contributed by atoms with E-state index in [0.717, 1.165) is 41.2 Å². The molecule has 0 atom stereocenters. The second-order valence-electron chi connectivity index (χ2n) is 7.55. The summed E-state index contributed by atoms with van der Waals surface area (Å²) in [4.78, 5) is 16.8. The summed E-state index contributed by atoms with van der Waals surface area (Å²) in [5, 5.41) is 5.29. The number of hydrogen-bond donors (Lipinski definition) is 1. The molecule has 3 rings (SSSR count). The zero-order valence-corrected chi connectivity index (χ0v) is 18.9. The van der Waals surface area contributed by atoms with E-state index in [2.05, 4.69) is 24.1 Å². The van der Waals surface area contributed by atoms with E-state index in [-0.39, 0.29) is 5.91 Å². The van der Waals surface area contributed by atoms with Crippen LogP contribution in [-0.2, 0) is 4.79 Å². The third kappa shape index (κ3) is 7.26. The first-order chi connectivity index (χ1) is 15.0. The third-order valence-electron chi connectivity index (χ3n) is 4.60. The molecule has 0 aliphatic carbocycles. The molecule has 6 heteroatoms. The normalized spacial score (nSPS) is 11.1. The van der Waals surface area contributed by atoms with Gasteiger partial charge < -0.3 is 9.47 Å². The van der Waals surface area contributed by atoms with Crippen LogP contribution in [0.1, 0.15) is 32.3 Å². The summed E-state index contributed by atoms with van der Waals surface area (Å²) in [5.74, 6) is 2.07. The van der Waals surface area contributed by atoms with Crippen LogP contribution in [0.25, 0.3) is 17.3 Å². The Morgan fingerprint density at radius 3 is 2.71 bits per heavy atom. The van der Waals surface area contributed by atoms with Crippen molar-refractivity contribution in [2.75, 3.05) is 19.0 Å². The van der Waals surface area contributed by atoms with Crippen LogP contribution in [0.4, 0.5) is 5.13 Å². The minimum atomic E-state index is -0.223. The van der Waals surface area contributed by atoms with Crippen LogP contribution in [0.3, 0.4) is 0 Å². The van der Waals surface area contributed by atoms with Gasteiger partial charge >= 0.3 is 0 Å². The molecule has 3 aromatic rings. The number of rotatable bonds is 10. The molecule has 0 aliphatic heterocycles. The van der Waals surface area contributed by atoms with Crippen molar-refractivity contribution in [3.8, 4) is 22.8 Å². The molecule has 0 radical (unpaired) electrons. The summed E-state index contributed by atoms with van der Waals surface area (Å²) < 4.78 is 11.0. The molecule has 0 saturated heterocycles. The smallest absolute Gasteiger partial charge is 0.250 e. The Bertz CT molecular complexity index is 1010. The lowest BCUT2D eigenvalue weighted by atomic mass is 10.1. The molecule has 1 amide bonds. The molecule has 0 spiro atoms. The minimum Gasteiger partial charge on any atom is -0.497 e. The maximum absolute atomic E-state index is 12.3. The van der Waals surface area contributed by atoms with Gasteiger partial charge in [-0.05, 0) is 66.8 Å². The van der Waals surface area contributed by atoms with E-state index in [9.17, 15) is 4.79 Å². The zero-order chi connectivity index (χ0) is 22.1. The van der Waals surface area contributed by atoms with Crippen LogP contribution in [-0.4, -0.2) is 24.6 Å². The summed E-state index contributed by atoms with van der Waals surface area (Å²) in [6.07, 6.45) is 5.46. The van der Waals surface area contributed by atoms with Gasteiger partial charge in [-0.1, -0.05) is 26.0 Å². The van der Waals surface area contributed by atoms with Gasteiger partial charge in [0.05, 0.1) is 19.4 Å². The first-order valence-electron chi connectivity index (χ1n) is 10.4. The second kappa shape index (κ2) is 11.3. The highest BCUT2D eigenvalue weighted by Crippen LogP contribution is 2.26. The number of hydrogen-bond acceptors (Lipinski definition) is 5. The van der Waals surface area contributed by atoms with Crippen LogP contribution in [0.15, 0.2) is 60.0 Å². The molecule has 31 heavy (non-hydrogen) atoms. The van der Waals surface area contributed by atoms with Crippen molar-refractivity contribution in [1.82, 2.24) is 4.98 Å². The Hall–Kier alpha value is -3.12. The Kier molecular flexibility index (Phi) is 8.24. The van der Waals surface area contributed by atoms with E-state index in [1.54, 1.807) is 13.2 Å². The van der Waals surface area contributed by atoms with Crippen LogP contribution in [0.2, 0.25) is 0 Å². The molecule has 0 aliphatic rings. The van der Waals surface area contributed by atoms with Gasteiger partial charge in [0.25, 0.3) is 0 Å². The fourth-order valence-corrected chi connectivity index (χ4v) is 3.66. The van der Waals surface area contributed by atoms with Crippen molar-refractivity contribution in [3.63, 3.8) is 0 Å². The third-order valence-corrected chi connectivity index (χ3v) is 5.36. The Balaban J connectivity index is 1.53. The monoisotopic (exact) mass is 436 g/mol. The zero-order valence-electron chi connectivity index (χ0n) is 18.1. The highest BCUT2D eigenvalue weighted by atomic mass is 32.1. The van der Waals surface area contributed by atoms with Crippen LogP contribution < -0.4 is 14.8 Å². The number of benzene rings is 2. The highest BCUT2D eigenvalue weighted by Gasteiger charge is 2.07. The molecule has 0 unspecified atom stereocenters. The highest BCUT2D eigenvalue weighted by molar-refractivity contribution is 7.14. The lowest BCUT2D eigenvalue weighted by molar-refractivity contribution is -0.111. The molecule has 5 nitrogen and oxygen atoms in total. The average molecular weight is 437 g/mol. The fourth-order valence-electron chi connectivity index (χ4n) is 2.93. The van der Waals surface area contributed by atoms with E-state index in [4.69, 9.17) is 9.47 Å². The van der Waals surface area contributed by atoms with Crippen molar-refractivity contribution < 1.29 is 14.3 Å². The van der Waals surface area contributed by atoms with Gasteiger partial charge in [0, 0.05) is 17.0 Å². The van der Waals surface area contributed by atoms with Gasteiger partial charge in [0.15, 0.2) is 5.13 Å². The van der Waals surface area contributed by atoms with E-state index < -0.39 is 0 Å². The summed E-state index contributed by atoms with van der Waals surface area (Å²) >= 11 is 1.39. The van der Waals surface area contributed by atoms with E-state index >= 15 is 0 Å². The van der Waals surface area contributed by atoms with Crippen molar-refractivity contribution in [3.05, 3.63) is 65.6 Å². The van der Waals surface area contributed by atoms with Crippen LogP contribution >= 0.6 is 11.3 Å². The maximum atomic E-state index is 12.3. The molecular weight excluding hydrogens is 408 g/mol. The number of amides is 1. The summed E-state index contributed by atoms with van der Waals surface area (Å²) in [6, 6.07) is 15.4. The number of aromatic nitrogens is 1. The van der Waals surface area contributed by atoms with Crippen LogP contribution in [0, 0.1) is 5.92 Å². The molecule has 0 saturated carbocycles. The minimum absolute atomic E-state index is 0.223. The first kappa shape index (κ1) is 22.6. The van der Waals surface area contributed by atoms with Gasteiger partial charge in [-0.25, -0.2) is 4.98 Å². The van der Waals surface area contributed by atoms with E-state index in [1.807, 2.05) is 53.9 Å². The second-order valence-corrected chi connectivity index (χ2v) is 8.40. The van der Waals surface area contributed by atoms with Gasteiger partial charge in [-0.2, -0.15) is 0 Å². The number of ether oxygens (including phenoxy) is 2. The number of anilines is 1. The first-order valence-corrected chi connectivity index (χ1v) is 11.2. The predicted molar refractivity (Wildman–Crippen MR) is 128 cm³/mol. The molecule has 1 N–H and O–H groups in total. The lowest BCUT2D eigenvalue weighted by Crippen LogP contribution is -2.07. The van der Waals surface area contributed by atoms with Crippen molar-refractivity contribution >= 4 is 28.5 Å². The molecule has 1 heterocycles. The predicted octanol–water partition coefficient (Wildman–Crippen LogP) is 6.29. The Morgan fingerprint density at radius 2 is 1.97 bits per heavy atom. The number of nitrogens with zero attached hydrogens (tertiary/aromatic N) is 1. The van der Waals surface area contributed by atoms with E-state index in [1.165, 1.54) is 17.4 Å². The molecule has 0 bridgehead atoms. The summed E-state index contributed by atoms with van der Waals surface area (Å²) in [6.45, 7) is 5.12.